The van der Waals surface area contributed by atoms with Gasteiger partial charge in [-0.2, -0.15) is 0 Å². The number of guanidine groups is 1. The van der Waals surface area contributed by atoms with Crippen molar-refractivity contribution < 1.29 is 9.53 Å². The van der Waals surface area contributed by atoms with Crippen LogP contribution in [0, 0.1) is 12.8 Å². The molecule has 0 spiro atoms. The van der Waals surface area contributed by atoms with Crippen molar-refractivity contribution in [1.82, 2.24) is 15.2 Å². The van der Waals surface area contributed by atoms with Crippen LogP contribution >= 0.6 is 24.0 Å². The van der Waals surface area contributed by atoms with Gasteiger partial charge >= 0.3 is 5.97 Å². The van der Waals surface area contributed by atoms with Crippen LogP contribution in [0.5, 0.6) is 0 Å². The summed E-state index contributed by atoms with van der Waals surface area (Å²) in [6, 6.07) is 8.43. The number of nitrogens with zero attached hydrogens (tertiary/aromatic N) is 2. The van der Waals surface area contributed by atoms with Crippen molar-refractivity contribution in [2.75, 3.05) is 33.3 Å². The molecule has 1 saturated heterocycles. The molecule has 0 aliphatic carbocycles. The van der Waals surface area contributed by atoms with Gasteiger partial charge in [0.25, 0.3) is 0 Å². The summed E-state index contributed by atoms with van der Waals surface area (Å²) in [4.78, 5) is 22.0. The number of rotatable bonds is 5. The average Bonchev–Trinajstić information content (AvgIpc) is 3.01. The minimum Gasteiger partial charge on any atom is -0.466 e. The number of ether oxygens (including phenoxy) is 1. The number of carbonyl (C=O) groups is 1. The lowest BCUT2D eigenvalue weighted by Gasteiger charge is -2.33. The molecular weight excluding hydrogens is 467 g/mol. The molecule has 0 radical (unpaired) electrons. The number of fused-ring (bicyclic) bond motifs is 1. The molecule has 0 bridgehead atoms. The fourth-order valence-electron chi connectivity index (χ4n) is 3.88. The number of para-hydroxylation sites is 1. The SMILES string of the molecule is CCOC(=O)C1CCN(C(=NC)NCCc2c(C)[nH]c3ccccc23)CC1.I. The Morgan fingerprint density at radius 3 is 2.71 bits per heavy atom. The quantitative estimate of drug-likeness (QED) is 0.287. The minimum atomic E-state index is -0.0603. The van der Waals surface area contributed by atoms with Crippen LogP contribution in [0.2, 0.25) is 0 Å². The maximum Gasteiger partial charge on any atom is 0.309 e. The fourth-order valence-corrected chi connectivity index (χ4v) is 3.88. The highest BCUT2D eigenvalue weighted by atomic mass is 127. The number of H-pyrrole nitrogens is 1. The molecule has 0 amide bonds. The number of benzene rings is 1. The third-order valence-electron chi connectivity index (χ3n) is 5.31. The maximum absolute atomic E-state index is 11.9. The Morgan fingerprint density at radius 2 is 2.04 bits per heavy atom. The second-order valence-corrected chi connectivity index (χ2v) is 7.01. The third kappa shape index (κ3) is 5.18. The minimum absolute atomic E-state index is 0. The van der Waals surface area contributed by atoms with Gasteiger partial charge in [-0.05, 0) is 44.7 Å². The molecule has 0 unspecified atom stereocenters. The molecule has 0 atom stereocenters. The number of hydrogen-bond acceptors (Lipinski definition) is 3. The Kier molecular flexibility index (Phi) is 8.59. The lowest BCUT2D eigenvalue weighted by Crippen LogP contribution is -2.47. The topological polar surface area (TPSA) is 69.7 Å². The molecule has 154 valence electrons. The van der Waals surface area contributed by atoms with Crippen molar-refractivity contribution in [3.8, 4) is 0 Å². The average molecular weight is 498 g/mol. The fraction of sp³-hybridized carbons (Fsp3) is 0.524. The van der Waals surface area contributed by atoms with Crippen molar-refractivity contribution in [1.29, 1.82) is 0 Å². The number of halogens is 1. The van der Waals surface area contributed by atoms with Gasteiger partial charge in [0.2, 0.25) is 0 Å². The van der Waals surface area contributed by atoms with Crippen LogP contribution in [-0.4, -0.2) is 55.1 Å². The summed E-state index contributed by atoms with van der Waals surface area (Å²) in [5.74, 6) is 0.873. The van der Waals surface area contributed by atoms with Gasteiger partial charge in [0, 0.05) is 43.3 Å². The summed E-state index contributed by atoms with van der Waals surface area (Å²) in [7, 11) is 1.82. The highest BCUT2D eigenvalue weighted by Gasteiger charge is 2.27. The van der Waals surface area contributed by atoms with E-state index in [1.165, 1.54) is 22.2 Å². The lowest BCUT2D eigenvalue weighted by molar-refractivity contribution is -0.149. The van der Waals surface area contributed by atoms with Crippen LogP contribution in [0.1, 0.15) is 31.0 Å². The van der Waals surface area contributed by atoms with Crippen molar-refractivity contribution in [2.45, 2.75) is 33.1 Å². The molecule has 7 heteroatoms. The Hall–Kier alpha value is -1.77. The maximum atomic E-state index is 11.9. The molecule has 2 aromatic rings. The summed E-state index contributed by atoms with van der Waals surface area (Å²) in [5, 5.41) is 4.78. The zero-order valence-corrected chi connectivity index (χ0v) is 19.3. The molecule has 0 saturated carbocycles. The summed E-state index contributed by atoms with van der Waals surface area (Å²) >= 11 is 0. The van der Waals surface area contributed by atoms with Gasteiger partial charge in [-0.3, -0.25) is 9.79 Å². The molecule has 28 heavy (non-hydrogen) atoms. The van der Waals surface area contributed by atoms with Gasteiger partial charge < -0.3 is 19.9 Å². The lowest BCUT2D eigenvalue weighted by atomic mass is 9.97. The highest BCUT2D eigenvalue weighted by Crippen LogP contribution is 2.22. The standard InChI is InChI=1S/C21H30N4O2.HI/c1-4-27-20(26)16-10-13-25(14-11-16)21(22-3)23-12-9-17-15(2)24-19-8-6-5-7-18(17)19;/h5-8,16,24H,4,9-14H2,1-3H3,(H,22,23);1H. The van der Waals surface area contributed by atoms with Crippen molar-refractivity contribution in [3.05, 3.63) is 35.5 Å². The number of nitrogens with one attached hydrogen (secondary N) is 2. The van der Waals surface area contributed by atoms with Crippen molar-refractivity contribution in [2.24, 2.45) is 10.9 Å². The van der Waals surface area contributed by atoms with Gasteiger partial charge in [-0.15, -0.1) is 24.0 Å². The summed E-state index contributed by atoms with van der Waals surface area (Å²) in [6.07, 6.45) is 2.58. The molecule has 6 nitrogen and oxygen atoms in total. The monoisotopic (exact) mass is 498 g/mol. The molecule has 1 aliphatic rings. The zero-order valence-electron chi connectivity index (χ0n) is 17.0. The summed E-state index contributed by atoms with van der Waals surface area (Å²) in [5.41, 5.74) is 3.77. The van der Waals surface area contributed by atoms with E-state index in [1.54, 1.807) is 0 Å². The number of likely N-dealkylation sites (tertiary alicyclic amines) is 1. The van der Waals surface area contributed by atoms with Crippen LogP contribution in [0.3, 0.4) is 0 Å². The first-order chi connectivity index (χ1) is 13.1. The van der Waals surface area contributed by atoms with E-state index in [0.717, 1.165) is 44.9 Å². The van der Waals surface area contributed by atoms with Crippen LogP contribution < -0.4 is 5.32 Å². The van der Waals surface area contributed by atoms with E-state index in [0.29, 0.717) is 6.61 Å². The van der Waals surface area contributed by atoms with E-state index >= 15 is 0 Å². The predicted molar refractivity (Wildman–Crippen MR) is 124 cm³/mol. The first-order valence-corrected chi connectivity index (χ1v) is 9.82. The normalized spacial score (nSPS) is 15.4. The van der Waals surface area contributed by atoms with E-state index in [4.69, 9.17) is 4.74 Å². The molecule has 2 heterocycles. The van der Waals surface area contributed by atoms with E-state index < -0.39 is 0 Å². The molecule has 1 aromatic carbocycles. The predicted octanol–water partition coefficient (Wildman–Crippen LogP) is 3.49. The number of carbonyl (C=O) groups excluding carboxylic acids is 1. The van der Waals surface area contributed by atoms with E-state index in [2.05, 4.69) is 51.4 Å². The number of hydrogen-bond donors (Lipinski definition) is 2. The molecule has 1 aliphatic heterocycles. The van der Waals surface area contributed by atoms with Gasteiger partial charge in [0.15, 0.2) is 5.96 Å². The van der Waals surface area contributed by atoms with Crippen LogP contribution in [-0.2, 0) is 16.0 Å². The van der Waals surface area contributed by atoms with Crippen molar-refractivity contribution >= 4 is 46.8 Å². The smallest absolute Gasteiger partial charge is 0.309 e. The highest BCUT2D eigenvalue weighted by molar-refractivity contribution is 14.0. The molecule has 3 rings (SSSR count). The summed E-state index contributed by atoms with van der Waals surface area (Å²) in [6.45, 7) is 6.92. The van der Waals surface area contributed by atoms with Crippen LogP contribution in [0.25, 0.3) is 10.9 Å². The Labute approximate surface area is 184 Å². The zero-order chi connectivity index (χ0) is 19.2. The number of esters is 1. The Morgan fingerprint density at radius 1 is 1.32 bits per heavy atom. The number of aromatic amines is 1. The number of piperidine rings is 1. The van der Waals surface area contributed by atoms with E-state index in [-0.39, 0.29) is 35.9 Å². The number of aliphatic imine (C=N–C) groups is 1. The van der Waals surface area contributed by atoms with Crippen molar-refractivity contribution in [3.63, 3.8) is 0 Å². The van der Waals surface area contributed by atoms with E-state index in [1.807, 2.05) is 14.0 Å². The van der Waals surface area contributed by atoms with Gasteiger partial charge in [-0.25, -0.2) is 0 Å². The largest absolute Gasteiger partial charge is 0.466 e. The molecule has 1 aromatic heterocycles. The molecule has 2 N–H and O–H groups in total. The van der Waals surface area contributed by atoms with Crippen LogP contribution in [0.4, 0.5) is 0 Å². The van der Waals surface area contributed by atoms with Gasteiger partial charge in [0.05, 0.1) is 12.5 Å². The molecular formula is C21H31IN4O2. The Bertz CT molecular complexity index is 810. The first kappa shape index (κ1) is 22.5. The number of aromatic nitrogens is 1. The van der Waals surface area contributed by atoms with Crippen LogP contribution in [0.15, 0.2) is 29.3 Å². The van der Waals surface area contributed by atoms with Gasteiger partial charge in [0.1, 0.15) is 0 Å². The first-order valence-electron chi connectivity index (χ1n) is 9.82. The van der Waals surface area contributed by atoms with Gasteiger partial charge in [-0.1, -0.05) is 18.2 Å². The second kappa shape index (κ2) is 10.7. The molecule has 1 fully saturated rings. The summed E-state index contributed by atoms with van der Waals surface area (Å²) < 4.78 is 5.15. The Balaban J connectivity index is 0.00000280. The second-order valence-electron chi connectivity index (χ2n) is 7.01. The third-order valence-corrected chi connectivity index (χ3v) is 5.31. The number of aryl methyl sites for hydroxylation is 1. The van der Waals surface area contributed by atoms with E-state index in [9.17, 15) is 4.79 Å².